The Labute approximate surface area is 198 Å². The Hall–Kier alpha value is -3.93. The lowest BCUT2D eigenvalue weighted by atomic mass is 9.94. The summed E-state index contributed by atoms with van der Waals surface area (Å²) in [5.74, 6) is 0.787. The minimum Gasteiger partial charge on any atom is -0.465 e. The maximum atomic E-state index is 12.6. The number of nitrogens with zero attached hydrogens (tertiary/aromatic N) is 3. The molecular weight excluding hydrogens is 426 g/mol. The minimum absolute atomic E-state index is 0.423. The van der Waals surface area contributed by atoms with Crippen LogP contribution in [0.5, 0.6) is 0 Å². The van der Waals surface area contributed by atoms with E-state index in [4.69, 9.17) is 19.2 Å². The van der Waals surface area contributed by atoms with Crippen LogP contribution in [0, 0.1) is 12.8 Å². The second-order valence-corrected chi connectivity index (χ2v) is 8.81. The molecule has 172 valence electrons. The van der Waals surface area contributed by atoms with Crippen molar-refractivity contribution in [2.24, 2.45) is 5.92 Å². The highest BCUT2D eigenvalue weighted by atomic mass is 16.5. The molecule has 6 heteroatoms. The van der Waals surface area contributed by atoms with Crippen LogP contribution in [-0.4, -0.2) is 27.8 Å². The number of hydrogen-bond donors (Lipinski definition) is 0. The van der Waals surface area contributed by atoms with Crippen molar-refractivity contribution in [3.05, 3.63) is 94.9 Å². The van der Waals surface area contributed by atoms with Crippen molar-refractivity contribution in [3.8, 4) is 11.5 Å². The fourth-order valence-electron chi connectivity index (χ4n) is 4.36. The summed E-state index contributed by atoms with van der Waals surface area (Å²) < 4.78 is 12.4. The SMILES string of the molecule is COC(=O)c1cc(-c2ccco2)nc2c1c(C)nn2Cc1ccc(CC2=CCC(C)C=C2)cc1. The van der Waals surface area contributed by atoms with Gasteiger partial charge in [0.2, 0.25) is 0 Å². The topological polar surface area (TPSA) is 70.2 Å². The second kappa shape index (κ2) is 9.14. The molecule has 3 aromatic heterocycles. The van der Waals surface area contributed by atoms with Crippen LogP contribution in [0.15, 0.2) is 76.9 Å². The lowest BCUT2D eigenvalue weighted by Gasteiger charge is -2.12. The minimum atomic E-state index is -0.423. The lowest BCUT2D eigenvalue weighted by molar-refractivity contribution is 0.0603. The molecule has 34 heavy (non-hydrogen) atoms. The third-order valence-electron chi connectivity index (χ3n) is 6.21. The number of furan rings is 1. The first-order chi connectivity index (χ1) is 16.5. The van der Waals surface area contributed by atoms with Gasteiger partial charge in [0, 0.05) is 0 Å². The summed E-state index contributed by atoms with van der Waals surface area (Å²) in [6.45, 7) is 4.66. The quantitative estimate of drug-likeness (QED) is 0.340. The average molecular weight is 454 g/mol. The van der Waals surface area contributed by atoms with Gasteiger partial charge in [0.25, 0.3) is 0 Å². The number of ether oxygens (including phenoxy) is 1. The van der Waals surface area contributed by atoms with E-state index in [2.05, 4.69) is 49.4 Å². The van der Waals surface area contributed by atoms with E-state index in [0.29, 0.717) is 40.5 Å². The zero-order valence-electron chi connectivity index (χ0n) is 19.6. The second-order valence-electron chi connectivity index (χ2n) is 8.81. The van der Waals surface area contributed by atoms with Crippen LogP contribution in [0.2, 0.25) is 0 Å². The van der Waals surface area contributed by atoms with Crippen LogP contribution >= 0.6 is 0 Å². The Morgan fingerprint density at radius 1 is 1.21 bits per heavy atom. The Kier molecular flexibility index (Phi) is 5.88. The van der Waals surface area contributed by atoms with Crippen molar-refractivity contribution in [1.82, 2.24) is 14.8 Å². The number of methoxy groups -OCH3 is 1. The first kappa shape index (κ1) is 21.9. The third kappa shape index (κ3) is 4.31. The molecule has 1 atom stereocenters. The number of benzene rings is 1. The number of aromatic nitrogens is 3. The normalized spacial score (nSPS) is 15.5. The highest BCUT2D eigenvalue weighted by molar-refractivity contribution is 6.04. The summed E-state index contributed by atoms with van der Waals surface area (Å²) in [5, 5.41) is 5.40. The number of pyridine rings is 1. The summed E-state index contributed by atoms with van der Waals surface area (Å²) >= 11 is 0. The molecule has 1 aliphatic rings. The molecule has 0 saturated heterocycles. The molecule has 1 unspecified atom stereocenters. The zero-order valence-corrected chi connectivity index (χ0v) is 19.6. The Morgan fingerprint density at radius 2 is 2.00 bits per heavy atom. The summed E-state index contributed by atoms with van der Waals surface area (Å²) in [4.78, 5) is 17.4. The van der Waals surface area contributed by atoms with E-state index in [0.717, 1.165) is 24.1 Å². The number of carbonyl (C=O) groups is 1. The van der Waals surface area contributed by atoms with Gasteiger partial charge in [-0.2, -0.15) is 5.10 Å². The highest BCUT2D eigenvalue weighted by Gasteiger charge is 2.21. The molecule has 3 heterocycles. The molecule has 0 saturated carbocycles. The predicted molar refractivity (Wildman–Crippen MR) is 132 cm³/mol. The van der Waals surface area contributed by atoms with E-state index < -0.39 is 5.97 Å². The van der Waals surface area contributed by atoms with Gasteiger partial charge in [-0.3, -0.25) is 0 Å². The van der Waals surface area contributed by atoms with E-state index in [1.165, 1.54) is 18.2 Å². The molecule has 5 rings (SSSR count). The first-order valence-electron chi connectivity index (χ1n) is 11.5. The summed E-state index contributed by atoms with van der Waals surface area (Å²) in [6.07, 6.45) is 10.5. The van der Waals surface area contributed by atoms with Crippen LogP contribution in [-0.2, 0) is 17.7 Å². The van der Waals surface area contributed by atoms with Gasteiger partial charge in [-0.15, -0.1) is 0 Å². The molecule has 4 aromatic rings. The van der Waals surface area contributed by atoms with E-state index in [9.17, 15) is 4.79 Å². The van der Waals surface area contributed by atoms with Gasteiger partial charge < -0.3 is 9.15 Å². The van der Waals surface area contributed by atoms with Gasteiger partial charge in [-0.1, -0.05) is 49.4 Å². The fraction of sp³-hybridized carbons (Fsp3) is 0.250. The molecular formula is C28H27N3O3. The number of allylic oxidation sites excluding steroid dienone is 4. The third-order valence-corrected chi connectivity index (χ3v) is 6.21. The molecule has 0 N–H and O–H groups in total. The largest absolute Gasteiger partial charge is 0.465 e. The van der Waals surface area contributed by atoms with Crippen molar-refractivity contribution in [1.29, 1.82) is 0 Å². The summed E-state index contributed by atoms with van der Waals surface area (Å²) in [5.41, 5.74) is 6.11. The molecule has 0 fully saturated rings. The standard InChI is InChI=1S/C28H27N3O3/c1-18-6-8-20(9-7-18)15-21-10-12-22(13-11-21)17-31-27-26(19(2)30-31)23(28(32)33-3)16-24(29-27)25-5-4-14-34-25/h4-6,8-14,16,18H,7,15,17H2,1-3H3. The van der Waals surface area contributed by atoms with E-state index in [-0.39, 0.29) is 0 Å². The van der Waals surface area contributed by atoms with E-state index in [1.807, 2.05) is 17.7 Å². The average Bonchev–Trinajstić information content (AvgIpc) is 3.49. The fourth-order valence-corrected chi connectivity index (χ4v) is 4.36. The van der Waals surface area contributed by atoms with Crippen LogP contribution < -0.4 is 0 Å². The summed E-state index contributed by atoms with van der Waals surface area (Å²) in [7, 11) is 1.38. The van der Waals surface area contributed by atoms with Gasteiger partial charge in [0.05, 0.1) is 36.6 Å². The van der Waals surface area contributed by atoms with Crippen molar-refractivity contribution in [2.75, 3.05) is 7.11 Å². The Bertz CT molecular complexity index is 1390. The number of carbonyl (C=O) groups excluding carboxylic acids is 1. The first-order valence-corrected chi connectivity index (χ1v) is 11.5. The molecule has 0 amide bonds. The molecule has 1 aliphatic carbocycles. The molecule has 0 bridgehead atoms. The van der Waals surface area contributed by atoms with Crippen LogP contribution in [0.4, 0.5) is 0 Å². The maximum absolute atomic E-state index is 12.6. The van der Waals surface area contributed by atoms with Crippen molar-refractivity contribution in [2.45, 2.75) is 33.2 Å². The van der Waals surface area contributed by atoms with Gasteiger partial charge in [0.1, 0.15) is 5.69 Å². The number of rotatable bonds is 6. The van der Waals surface area contributed by atoms with Crippen LogP contribution in [0.3, 0.4) is 0 Å². The molecule has 1 aromatic carbocycles. The molecule has 0 radical (unpaired) electrons. The predicted octanol–water partition coefficient (Wildman–Crippen LogP) is 5.90. The highest BCUT2D eigenvalue weighted by Crippen LogP contribution is 2.28. The number of hydrogen-bond acceptors (Lipinski definition) is 5. The van der Waals surface area contributed by atoms with Crippen molar-refractivity contribution >= 4 is 17.0 Å². The van der Waals surface area contributed by atoms with Gasteiger partial charge in [0.15, 0.2) is 11.4 Å². The molecule has 0 spiro atoms. The van der Waals surface area contributed by atoms with Crippen molar-refractivity contribution in [3.63, 3.8) is 0 Å². The molecule has 0 aliphatic heterocycles. The number of fused-ring (bicyclic) bond motifs is 1. The smallest absolute Gasteiger partial charge is 0.338 e. The Balaban J connectivity index is 1.46. The monoisotopic (exact) mass is 453 g/mol. The lowest BCUT2D eigenvalue weighted by Crippen LogP contribution is -2.06. The zero-order chi connectivity index (χ0) is 23.7. The number of aryl methyl sites for hydroxylation is 1. The Morgan fingerprint density at radius 3 is 2.68 bits per heavy atom. The van der Waals surface area contributed by atoms with Gasteiger partial charge >= 0.3 is 5.97 Å². The maximum Gasteiger partial charge on any atom is 0.338 e. The summed E-state index contributed by atoms with van der Waals surface area (Å²) in [6, 6.07) is 13.9. The van der Waals surface area contributed by atoms with E-state index >= 15 is 0 Å². The number of esters is 1. The van der Waals surface area contributed by atoms with Crippen LogP contribution in [0.1, 0.15) is 40.5 Å². The van der Waals surface area contributed by atoms with E-state index in [1.54, 1.807) is 18.4 Å². The van der Waals surface area contributed by atoms with Crippen LogP contribution in [0.25, 0.3) is 22.5 Å². The van der Waals surface area contributed by atoms with Gasteiger partial charge in [-0.25, -0.2) is 14.5 Å². The van der Waals surface area contributed by atoms with Crippen molar-refractivity contribution < 1.29 is 13.9 Å². The van der Waals surface area contributed by atoms with Gasteiger partial charge in [-0.05, 0) is 60.6 Å². The molecule has 6 nitrogen and oxygen atoms in total.